The summed E-state index contributed by atoms with van der Waals surface area (Å²) in [5, 5.41) is 0. The maximum atomic E-state index is 8.99. The Kier molecular flexibility index (Phi) is 7.34. The average Bonchev–Trinajstić information content (AvgIpc) is 1.73. The van der Waals surface area contributed by atoms with Crippen molar-refractivity contribution >= 4 is 119 Å². The molecule has 15 rings (SSSR count). The van der Waals surface area contributed by atoms with Crippen LogP contribution in [0.1, 0.15) is 16.4 Å². The number of pyridine rings is 2. The van der Waals surface area contributed by atoms with Gasteiger partial charge in [-0.05, 0) is 0 Å². The van der Waals surface area contributed by atoms with Gasteiger partial charge in [-0.3, -0.25) is 0 Å². The molecule has 0 saturated carbocycles. The molecule has 0 fully saturated rings. The van der Waals surface area contributed by atoms with Crippen molar-refractivity contribution in [1.29, 1.82) is 0 Å². The van der Waals surface area contributed by atoms with E-state index in [4.69, 9.17) is 26.4 Å². The van der Waals surface area contributed by atoms with E-state index in [1.165, 1.54) is 19.6 Å². The van der Waals surface area contributed by atoms with E-state index in [0.717, 1.165) is 0 Å². The van der Waals surface area contributed by atoms with Gasteiger partial charge in [0.1, 0.15) is 0 Å². The van der Waals surface area contributed by atoms with Crippen LogP contribution < -0.4 is 49.0 Å². The van der Waals surface area contributed by atoms with Crippen molar-refractivity contribution in [3.8, 4) is 0 Å². The molecule has 0 radical (unpaired) electrons. The van der Waals surface area contributed by atoms with Crippen LogP contribution in [-0.2, 0) is 35.3 Å². The van der Waals surface area contributed by atoms with Crippen molar-refractivity contribution in [3.05, 3.63) is 207 Å². The number of anilines is 18. The van der Waals surface area contributed by atoms with E-state index in [9.17, 15) is 0 Å². The summed E-state index contributed by atoms with van der Waals surface area (Å²) in [5.74, 6) is 0. The summed E-state index contributed by atoms with van der Waals surface area (Å²) in [6, 6.07) is 62.4. The van der Waals surface area contributed by atoms with Gasteiger partial charge in [-0.1, -0.05) is 0 Å². The number of hydrogen-bond acceptors (Lipinski definition) is 12. The molecule has 0 amide bonds. The summed E-state index contributed by atoms with van der Waals surface area (Å²) < 4.78 is 109. The van der Waals surface area contributed by atoms with Crippen LogP contribution in [0.2, 0.25) is 0 Å². The van der Waals surface area contributed by atoms with E-state index in [1.807, 2.05) is 139 Å². The first-order valence-electron chi connectivity index (χ1n) is 29.1. The van der Waals surface area contributed by atoms with Crippen molar-refractivity contribution in [3.63, 3.8) is 0 Å². The second kappa shape index (κ2) is 16.6. The Hall–Kier alpha value is -8.30. The molecular weight excluding hydrogens is 1280 g/mol. The molecular formula is C60H42N12Pt2-4. The second-order valence-corrected chi connectivity index (χ2v) is 22.6. The first-order valence-corrected chi connectivity index (χ1v) is 27.7. The zero-order valence-electron chi connectivity index (χ0n) is 50.3. The monoisotopic (exact) mass is 1330 g/mol. The van der Waals surface area contributed by atoms with Crippen molar-refractivity contribution in [2.45, 2.75) is 0 Å². The number of hydrogen-bond donors (Lipinski definition) is 0. The van der Waals surface area contributed by atoms with Crippen LogP contribution >= 0.6 is 0 Å². The van der Waals surface area contributed by atoms with Gasteiger partial charge in [-0.2, -0.15) is 0 Å². The normalized spacial score (nSPS) is 19.2. The first-order chi connectivity index (χ1) is 41.2. The summed E-state index contributed by atoms with van der Waals surface area (Å²) in [4.78, 5) is 26.3. The quantitative estimate of drug-likeness (QED) is 0.155. The molecule has 0 unspecified atom stereocenters. The molecule has 7 aromatic carbocycles. The number of aromatic nitrogens is 2. The van der Waals surface area contributed by atoms with Crippen LogP contribution in [0, 0.1) is 24.3 Å². The number of fused-ring (bicyclic) bond motifs is 24. The van der Waals surface area contributed by atoms with Crippen molar-refractivity contribution in [2.75, 3.05) is 76.9 Å². The predicted molar refractivity (Wildman–Crippen MR) is 295 cm³/mol. The van der Waals surface area contributed by atoms with Crippen LogP contribution in [0.4, 0.5) is 102 Å². The third-order valence-corrected chi connectivity index (χ3v) is 19.3. The predicted octanol–water partition coefficient (Wildman–Crippen LogP) is 11.5. The van der Waals surface area contributed by atoms with Gasteiger partial charge < -0.3 is 0 Å². The molecule has 0 saturated heterocycles. The van der Waals surface area contributed by atoms with Crippen molar-refractivity contribution < 1.29 is 51.7 Å². The fraction of sp³-hybridized carbons (Fsp3) is 0.0667. The Morgan fingerprint density at radius 2 is 0.554 bits per heavy atom. The number of nitrogens with zero attached hydrogens (tertiary/aromatic N) is 12. The second-order valence-electron chi connectivity index (χ2n) is 17.4. The molecule has 74 heavy (non-hydrogen) atoms. The summed E-state index contributed by atoms with van der Waals surface area (Å²) in [6.45, 7) is -10.7. The number of para-hydroxylation sites is 8. The number of rotatable bonds is 2. The molecule has 366 valence electrons. The molecule has 2 aromatic heterocycles. The third-order valence-electron chi connectivity index (χ3n) is 13.2. The molecule has 8 heterocycles. The van der Waals surface area contributed by atoms with Gasteiger partial charge in [0.15, 0.2) is 0 Å². The van der Waals surface area contributed by atoms with Gasteiger partial charge in [-0.25, -0.2) is 0 Å². The van der Waals surface area contributed by atoms with E-state index in [0.29, 0.717) is 119 Å². The van der Waals surface area contributed by atoms with Crippen LogP contribution in [-0.4, -0.2) is 54.5 Å². The molecule has 0 N–H and O–H groups in total. The van der Waals surface area contributed by atoms with Crippen molar-refractivity contribution in [2.24, 2.45) is 0 Å². The van der Waals surface area contributed by atoms with Gasteiger partial charge in [0.2, 0.25) is 0 Å². The fourth-order valence-corrected chi connectivity index (χ4v) is 16.2. The van der Waals surface area contributed by atoms with Gasteiger partial charge in [0.05, 0.1) is 0 Å². The molecule has 0 spiro atoms. The third kappa shape index (κ3) is 6.41. The van der Waals surface area contributed by atoms with E-state index in [2.05, 4.69) is 24.3 Å². The molecule has 6 aliphatic heterocycles. The fourth-order valence-electron chi connectivity index (χ4n) is 9.98. The van der Waals surface area contributed by atoms with Crippen LogP contribution in [0.3, 0.4) is 0 Å². The Labute approximate surface area is 462 Å². The molecule has 9 aromatic rings. The Bertz CT molecular complexity index is 3930. The van der Waals surface area contributed by atoms with E-state index in [1.54, 1.807) is 73.3 Å². The SMILES string of the molecule is [2H]C([2H])([2H])N1[C]2=[Pt]=[C]3N(c4[c-]c(cnc4)N(c4ccc(N5c6[c-]c(ccc6)N6[C](=[Pt]=[C]7N(c8[c-]c5cnc8)c5ccccc5N7C([2H])([2H])[2H])N(C([2H])([2H])[2H])c5ccccc56)cc4)c4[c-]c(ccc4)N2c2ccccc21)c1ccccc1N3C([2H])([2H])[2H]. The summed E-state index contributed by atoms with van der Waals surface area (Å²) in [7, 11) is 0. The van der Waals surface area contributed by atoms with E-state index >= 15 is 0 Å². The van der Waals surface area contributed by atoms with Gasteiger partial charge in [-0.15, -0.1) is 0 Å². The Morgan fingerprint density at radius 3 is 0.865 bits per heavy atom. The molecule has 6 aliphatic rings. The van der Waals surface area contributed by atoms with E-state index < -0.39 is 63.2 Å². The van der Waals surface area contributed by atoms with E-state index in [-0.39, 0.29) is 0 Å². The van der Waals surface area contributed by atoms with Crippen LogP contribution in [0.15, 0.2) is 183 Å². The molecule has 0 atom stereocenters. The molecule has 8 bridgehead atoms. The number of benzene rings is 7. The summed E-state index contributed by atoms with van der Waals surface area (Å²) >= 11 is -3.43. The standard InChI is InChI=1S/C60H42N12.2Pt/c1-63-39-67(57-23-9-5-19-53(57)63)45-15-13-17-47(31-45)71(51-33-49(35-61-37-51)69-41-65(3)55-21-7-11-25-59(55)69)43-27-29-44(30-28-43)72(48-18-14-16-46(32-48)68-40-64(2)54-20-6-10-24-58(54)68)52-34-50(36-62-38-52)70-42-66(4)56-22-8-12-26-60(56)70;;/h5-30,35-38H,1-4H3;;/q-4;;/i1D3,2D3,3D3,4D3;;. The van der Waals surface area contributed by atoms with Crippen molar-refractivity contribution in [1.82, 2.24) is 9.97 Å². The summed E-state index contributed by atoms with van der Waals surface area (Å²) in [5.41, 5.74) is 9.23. The minimum atomic E-state index is -2.69. The molecule has 12 nitrogen and oxygen atoms in total. The van der Waals surface area contributed by atoms with Gasteiger partial charge in [0.25, 0.3) is 0 Å². The van der Waals surface area contributed by atoms with Crippen LogP contribution in [0.25, 0.3) is 0 Å². The van der Waals surface area contributed by atoms with Gasteiger partial charge >= 0.3 is 464 Å². The zero-order valence-corrected chi connectivity index (χ0v) is 42.9. The Morgan fingerprint density at radius 1 is 0.297 bits per heavy atom. The molecule has 14 heteroatoms. The maximum absolute atomic E-state index is 8.99. The molecule has 0 aliphatic carbocycles. The zero-order chi connectivity index (χ0) is 59.3. The van der Waals surface area contributed by atoms with Gasteiger partial charge in [0, 0.05) is 0 Å². The minimum absolute atomic E-state index is 0.371. The summed E-state index contributed by atoms with van der Waals surface area (Å²) in [6.07, 6.45) is 6.60. The van der Waals surface area contributed by atoms with Crippen LogP contribution in [0.5, 0.6) is 0 Å². The first kappa shape index (κ1) is 32.7. The topological polar surface area (TPSA) is 58.2 Å². The average molecular weight is 1330 g/mol. The Balaban J connectivity index is 0.929.